The molecule has 1 unspecified atom stereocenters. The zero-order valence-electron chi connectivity index (χ0n) is 30.8. The Morgan fingerprint density at radius 3 is 2.09 bits per heavy atom. The molecular formula is C42H42N8O5. The number of aromatic nitrogens is 2. The number of ether oxygens (including phenoxy) is 1. The number of benzene rings is 4. The number of carbonyl (C=O) groups excluding carboxylic acids is 3. The van der Waals surface area contributed by atoms with Crippen LogP contribution in [-0.2, 0) is 11.4 Å². The number of fused-ring (bicyclic) bond motifs is 2. The summed E-state index contributed by atoms with van der Waals surface area (Å²) >= 11 is 0. The van der Waals surface area contributed by atoms with E-state index in [-0.39, 0.29) is 29.8 Å². The van der Waals surface area contributed by atoms with Gasteiger partial charge in [0.05, 0.1) is 41.7 Å². The number of amides is 4. The second-order valence-electron chi connectivity index (χ2n) is 13.3. The number of anilines is 5. The van der Waals surface area contributed by atoms with Crippen molar-refractivity contribution in [3.8, 4) is 5.88 Å². The lowest BCUT2D eigenvalue weighted by atomic mass is 10.1. The number of pyridine rings is 2. The van der Waals surface area contributed by atoms with Crippen molar-refractivity contribution >= 4 is 68.1 Å². The Bertz CT molecular complexity index is 2330. The highest BCUT2D eigenvalue weighted by Gasteiger charge is 2.25. The third-order valence-electron chi connectivity index (χ3n) is 9.59. The highest BCUT2D eigenvalue weighted by molar-refractivity contribution is 6.09. The van der Waals surface area contributed by atoms with E-state index in [2.05, 4.69) is 31.2 Å². The van der Waals surface area contributed by atoms with Crippen LogP contribution < -0.4 is 30.9 Å². The average Bonchev–Trinajstić information content (AvgIpc) is 3.21. The largest absolute Gasteiger partial charge is 0.480 e. The molecule has 7 rings (SSSR count). The monoisotopic (exact) mass is 738 g/mol. The Kier molecular flexibility index (Phi) is 10.7. The van der Waals surface area contributed by atoms with Crippen LogP contribution >= 0.6 is 0 Å². The molecule has 0 spiro atoms. The SMILES string of the molecule is COc1nc(C)c(C(=O)NC(C)C(=O)Nc2cc(CO)cc(Nc3c4ccccc4nc4ccccc34)c2)cc1NC(=O)N1CCN(c2ccccc2)CC1. The molecule has 0 aliphatic carbocycles. The number of aliphatic hydroxyl groups is 1. The molecule has 3 heterocycles. The molecule has 5 N–H and O–H groups in total. The molecule has 0 saturated carbocycles. The summed E-state index contributed by atoms with van der Waals surface area (Å²) in [6.07, 6.45) is 0. The van der Waals surface area contributed by atoms with E-state index in [0.717, 1.165) is 33.2 Å². The number of methoxy groups -OCH3 is 1. The lowest BCUT2D eigenvalue weighted by molar-refractivity contribution is -0.117. The highest BCUT2D eigenvalue weighted by Crippen LogP contribution is 2.34. The Balaban J connectivity index is 1.03. The molecule has 0 bridgehead atoms. The fourth-order valence-corrected chi connectivity index (χ4v) is 6.70. The maximum Gasteiger partial charge on any atom is 0.322 e. The summed E-state index contributed by atoms with van der Waals surface area (Å²) in [5.74, 6) is -0.862. The molecular weight excluding hydrogens is 697 g/mol. The van der Waals surface area contributed by atoms with E-state index < -0.39 is 17.9 Å². The fraction of sp³-hybridized carbons (Fsp3) is 0.214. The van der Waals surface area contributed by atoms with E-state index in [9.17, 15) is 19.5 Å². The first-order chi connectivity index (χ1) is 26.7. The van der Waals surface area contributed by atoms with E-state index in [1.165, 1.54) is 13.2 Å². The van der Waals surface area contributed by atoms with E-state index in [1.807, 2.05) is 84.9 Å². The molecule has 0 radical (unpaired) electrons. The third-order valence-corrected chi connectivity index (χ3v) is 9.59. The standard InChI is InChI=1S/C42H42N8O5/c1-26-34(24-37(41(44-26)55-3)48-42(54)50-19-17-49(18-20-50)31-11-5-4-6-12-31)40(53)43-27(2)39(52)46-30-22-28(25-51)21-29(23-30)45-38-32-13-7-9-15-35(32)47-36-16-10-8-14-33(36)38/h4-16,21-24,27,51H,17-20,25H2,1-3H3,(H,43,53)(H,45,47)(H,46,52)(H,48,54). The molecule has 1 saturated heterocycles. The number of nitrogens with zero attached hydrogens (tertiary/aromatic N) is 4. The van der Waals surface area contributed by atoms with E-state index in [1.54, 1.807) is 30.9 Å². The number of carbonyl (C=O) groups is 3. The Morgan fingerprint density at radius 1 is 0.800 bits per heavy atom. The van der Waals surface area contributed by atoms with Crippen LogP contribution in [0.25, 0.3) is 21.8 Å². The Morgan fingerprint density at radius 2 is 1.44 bits per heavy atom. The van der Waals surface area contributed by atoms with Crippen molar-refractivity contribution in [2.24, 2.45) is 0 Å². The fourth-order valence-electron chi connectivity index (χ4n) is 6.70. The summed E-state index contributed by atoms with van der Waals surface area (Å²) in [4.78, 5) is 53.5. The highest BCUT2D eigenvalue weighted by atomic mass is 16.5. The molecule has 1 atom stereocenters. The number of para-hydroxylation sites is 3. The van der Waals surface area contributed by atoms with Gasteiger partial charge < -0.3 is 40.9 Å². The molecule has 6 aromatic rings. The van der Waals surface area contributed by atoms with Crippen LogP contribution in [0.5, 0.6) is 5.88 Å². The van der Waals surface area contributed by atoms with Crippen molar-refractivity contribution in [3.05, 3.63) is 120 Å². The first-order valence-electron chi connectivity index (χ1n) is 18.0. The van der Waals surface area contributed by atoms with Crippen molar-refractivity contribution < 1.29 is 24.2 Å². The normalized spacial score (nSPS) is 13.3. The van der Waals surface area contributed by atoms with Crippen LogP contribution in [0.15, 0.2) is 103 Å². The second-order valence-corrected chi connectivity index (χ2v) is 13.3. The predicted octanol–water partition coefficient (Wildman–Crippen LogP) is 6.45. The average molecular weight is 739 g/mol. The van der Waals surface area contributed by atoms with Crippen molar-refractivity contribution in [2.45, 2.75) is 26.5 Å². The minimum Gasteiger partial charge on any atom is -0.480 e. The van der Waals surface area contributed by atoms with Gasteiger partial charge in [-0.2, -0.15) is 0 Å². The molecule has 13 nitrogen and oxygen atoms in total. The molecule has 55 heavy (non-hydrogen) atoms. The lowest BCUT2D eigenvalue weighted by Crippen LogP contribution is -2.50. The van der Waals surface area contributed by atoms with Crippen LogP contribution in [-0.4, -0.2) is 77.2 Å². The first kappa shape index (κ1) is 36.6. The molecule has 4 aromatic carbocycles. The number of rotatable bonds is 10. The van der Waals surface area contributed by atoms with E-state index in [0.29, 0.717) is 48.8 Å². The molecule has 1 fully saturated rings. The summed E-state index contributed by atoms with van der Waals surface area (Å²) in [5, 5.41) is 23.9. The van der Waals surface area contributed by atoms with Gasteiger partial charge in [0.2, 0.25) is 11.8 Å². The van der Waals surface area contributed by atoms with Gasteiger partial charge in [-0.15, -0.1) is 0 Å². The summed E-state index contributed by atoms with van der Waals surface area (Å²) in [7, 11) is 1.44. The van der Waals surface area contributed by atoms with Crippen LogP contribution in [0, 0.1) is 6.92 Å². The minimum atomic E-state index is -0.963. The number of nitrogens with one attached hydrogen (secondary N) is 4. The molecule has 1 aliphatic rings. The van der Waals surface area contributed by atoms with Crippen LogP contribution in [0.2, 0.25) is 0 Å². The van der Waals surface area contributed by atoms with Crippen molar-refractivity contribution in [1.82, 2.24) is 20.2 Å². The molecule has 4 amide bonds. The number of aliphatic hydroxyl groups excluding tert-OH is 1. The molecule has 1 aliphatic heterocycles. The quantitative estimate of drug-likeness (QED) is 0.0996. The van der Waals surface area contributed by atoms with Crippen molar-refractivity contribution in [3.63, 3.8) is 0 Å². The van der Waals surface area contributed by atoms with E-state index in [4.69, 9.17) is 9.72 Å². The summed E-state index contributed by atoms with van der Waals surface area (Å²) < 4.78 is 5.44. The van der Waals surface area contributed by atoms with Crippen LogP contribution in [0.4, 0.5) is 33.2 Å². The summed E-state index contributed by atoms with van der Waals surface area (Å²) in [6, 6.07) is 31.2. The van der Waals surface area contributed by atoms with Crippen molar-refractivity contribution in [1.29, 1.82) is 0 Å². The van der Waals surface area contributed by atoms with Gasteiger partial charge in [0, 0.05) is 54.0 Å². The van der Waals surface area contributed by atoms with Gasteiger partial charge >= 0.3 is 6.03 Å². The van der Waals surface area contributed by atoms with Crippen LogP contribution in [0.3, 0.4) is 0 Å². The zero-order valence-corrected chi connectivity index (χ0v) is 30.8. The van der Waals surface area contributed by atoms with Gasteiger partial charge in [-0.3, -0.25) is 9.59 Å². The number of urea groups is 1. The van der Waals surface area contributed by atoms with Gasteiger partial charge in [0.15, 0.2) is 0 Å². The zero-order chi connectivity index (χ0) is 38.5. The first-order valence-corrected chi connectivity index (χ1v) is 18.0. The number of hydrogen-bond donors (Lipinski definition) is 5. The second kappa shape index (κ2) is 16.1. The van der Waals surface area contributed by atoms with E-state index >= 15 is 0 Å². The van der Waals surface area contributed by atoms with Crippen molar-refractivity contribution in [2.75, 3.05) is 54.1 Å². The summed E-state index contributed by atoms with van der Waals surface area (Å²) in [5.41, 5.74) is 6.03. The number of piperazine rings is 1. The van der Waals surface area contributed by atoms with Gasteiger partial charge in [-0.05, 0) is 67.9 Å². The molecule has 2 aromatic heterocycles. The Labute approximate surface area is 318 Å². The topological polar surface area (TPSA) is 161 Å². The number of hydrogen-bond acceptors (Lipinski definition) is 9. The van der Waals surface area contributed by atoms with Gasteiger partial charge in [0.1, 0.15) is 11.7 Å². The molecule has 13 heteroatoms. The third kappa shape index (κ3) is 8.11. The Hall–Kier alpha value is -6.73. The summed E-state index contributed by atoms with van der Waals surface area (Å²) in [6.45, 7) is 5.35. The minimum absolute atomic E-state index is 0.164. The van der Waals surface area contributed by atoms with Gasteiger partial charge in [0.25, 0.3) is 5.91 Å². The maximum absolute atomic E-state index is 13.6. The van der Waals surface area contributed by atoms with Gasteiger partial charge in [-0.1, -0.05) is 54.6 Å². The molecule has 280 valence electrons. The smallest absolute Gasteiger partial charge is 0.322 e. The maximum atomic E-state index is 13.6. The van der Waals surface area contributed by atoms with Crippen LogP contribution in [0.1, 0.15) is 28.5 Å². The lowest BCUT2D eigenvalue weighted by Gasteiger charge is -2.36. The predicted molar refractivity (Wildman–Crippen MR) is 215 cm³/mol. The van der Waals surface area contributed by atoms with Gasteiger partial charge in [-0.25, -0.2) is 14.8 Å². The number of aryl methyl sites for hydroxylation is 1.